The van der Waals surface area contributed by atoms with E-state index in [2.05, 4.69) is 0 Å². The van der Waals surface area contributed by atoms with E-state index in [-0.39, 0.29) is 25.1 Å². The van der Waals surface area contributed by atoms with Crippen molar-refractivity contribution in [1.82, 2.24) is 4.90 Å². The third-order valence-corrected chi connectivity index (χ3v) is 4.00. The van der Waals surface area contributed by atoms with Crippen LogP contribution in [0.2, 0.25) is 0 Å². The van der Waals surface area contributed by atoms with Gasteiger partial charge in [-0.25, -0.2) is 0 Å². The lowest BCUT2D eigenvalue weighted by Gasteiger charge is -2.32. The molecule has 1 amide bonds. The predicted molar refractivity (Wildman–Crippen MR) is 82.1 cm³/mol. The highest BCUT2D eigenvalue weighted by atomic mass is 35.5. The summed E-state index contributed by atoms with van der Waals surface area (Å²) in [5.41, 5.74) is 6.29. The average Bonchev–Trinajstić information content (AvgIpc) is 2.94. The Labute approximate surface area is 130 Å². The summed E-state index contributed by atoms with van der Waals surface area (Å²) in [7, 11) is 0. The Morgan fingerprint density at radius 1 is 1.33 bits per heavy atom. The van der Waals surface area contributed by atoms with E-state index in [1.807, 2.05) is 11.0 Å². The van der Waals surface area contributed by atoms with Gasteiger partial charge >= 0.3 is 0 Å². The van der Waals surface area contributed by atoms with Crippen molar-refractivity contribution >= 4 is 18.3 Å². The molecule has 1 saturated heterocycles. The molecule has 2 heterocycles. The maximum atomic E-state index is 12.5. The van der Waals surface area contributed by atoms with Gasteiger partial charge in [-0.2, -0.15) is 0 Å². The minimum atomic E-state index is 0. The second-order valence-corrected chi connectivity index (χ2v) is 5.40. The number of benzene rings is 1. The predicted octanol–water partition coefficient (Wildman–Crippen LogP) is 2.04. The largest absolute Gasteiger partial charge is 0.454 e. The molecule has 0 saturated carbocycles. The first-order valence-electron chi connectivity index (χ1n) is 7.17. The van der Waals surface area contributed by atoms with Gasteiger partial charge in [0.25, 0.3) is 5.91 Å². The fourth-order valence-electron chi connectivity index (χ4n) is 2.93. The van der Waals surface area contributed by atoms with Crippen LogP contribution in [0.15, 0.2) is 18.2 Å². The van der Waals surface area contributed by atoms with Gasteiger partial charge in [-0.15, -0.1) is 12.4 Å². The van der Waals surface area contributed by atoms with E-state index in [9.17, 15) is 4.79 Å². The van der Waals surface area contributed by atoms with Gasteiger partial charge in [0, 0.05) is 18.7 Å². The van der Waals surface area contributed by atoms with E-state index >= 15 is 0 Å². The minimum absolute atomic E-state index is 0. The Morgan fingerprint density at radius 3 is 2.95 bits per heavy atom. The van der Waals surface area contributed by atoms with E-state index in [0.29, 0.717) is 29.5 Å². The van der Waals surface area contributed by atoms with Gasteiger partial charge in [-0.05, 0) is 49.9 Å². The number of likely N-dealkylation sites (tertiary alicyclic amines) is 1. The van der Waals surface area contributed by atoms with E-state index in [1.54, 1.807) is 12.1 Å². The number of hydrogen-bond donors (Lipinski definition) is 1. The normalized spacial score (nSPS) is 20.0. The summed E-state index contributed by atoms with van der Waals surface area (Å²) >= 11 is 0. The third kappa shape index (κ3) is 3.41. The summed E-state index contributed by atoms with van der Waals surface area (Å²) in [4.78, 5) is 14.5. The summed E-state index contributed by atoms with van der Waals surface area (Å²) in [5.74, 6) is 1.98. The number of halogens is 1. The van der Waals surface area contributed by atoms with Crippen LogP contribution >= 0.6 is 12.4 Å². The van der Waals surface area contributed by atoms with Gasteiger partial charge in [0.15, 0.2) is 11.5 Å². The average molecular weight is 313 g/mol. The van der Waals surface area contributed by atoms with E-state index < -0.39 is 0 Å². The minimum Gasteiger partial charge on any atom is -0.454 e. The van der Waals surface area contributed by atoms with Crippen molar-refractivity contribution in [2.45, 2.75) is 19.3 Å². The van der Waals surface area contributed by atoms with Crippen LogP contribution in [0.1, 0.15) is 29.6 Å². The van der Waals surface area contributed by atoms with Crippen molar-refractivity contribution in [3.05, 3.63) is 23.8 Å². The van der Waals surface area contributed by atoms with Crippen molar-refractivity contribution in [3.8, 4) is 11.5 Å². The SMILES string of the molecule is Cl.NCCC1CCCN(C(=O)c2ccc3c(c2)OCO3)C1. The van der Waals surface area contributed by atoms with Crippen molar-refractivity contribution in [2.75, 3.05) is 26.4 Å². The van der Waals surface area contributed by atoms with Crippen molar-refractivity contribution in [3.63, 3.8) is 0 Å². The molecule has 1 aromatic rings. The summed E-state index contributed by atoms with van der Waals surface area (Å²) in [5, 5.41) is 0. The highest BCUT2D eigenvalue weighted by Gasteiger charge is 2.25. The molecular formula is C15H21ClN2O3. The molecule has 2 N–H and O–H groups in total. The maximum Gasteiger partial charge on any atom is 0.254 e. The maximum absolute atomic E-state index is 12.5. The summed E-state index contributed by atoms with van der Waals surface area (Å²) in [6.07, 6.45) is 3.22. The van der Waals surface area contributed by atoms with Gasteiger partial charge in [0.1, 0.15) is 0 Å². The van der Waals surface area contributed by atoms with Gasteiger partial charge < -0.3 is 20.1 Å². The van der Waals surface area contributed by atoms with E-state index in [4.69, 9.17) is 15.2 Å². The molecule has 0 aliphatic carbocycles. The Hall–Kier alpha value is -1.46. The Bertz CT molecular complexity index is 508. The van der Waals surface area contributed by atoms with Crippen LogP contribution in [-0.2, 0) is 0 Å². The zero-order valence-corrected chi connectivity index (χ0v) is 12.7. The second kappa shape index (κ2) is 7.00. The number of carbonyl (C=O) groups is 1. The molecule has 21 heavy (non-hydrogen) atoms. The number of ether oxygens (including phenoxy) is 2. The molecule has 2 aliphatic heterocycles. The Morgan fingerprint density at radius 2 is 2.14 bits per heavy atom. The molecule has 2 aliphatic rings. The van der Waals surface area contributed by atoms with Crippen LogP contribution in [0.25, 0.3) is 0 Å². The molecule has 1 fully saturated rings. The van der Waals surface area contributed by atoms with Gasteiger partial charge in [0.2, 0.25) is 6.79 Å². The molecule has 0 radical (unpaired) electrons. The fourth-order valence-corrected chi connectivity index (χ4v) is 2.93. The molecule has 116 valence electrons. The molecule has 6 heteroatoms. The number of carbonyl (C=O) groups excluding carboxylic acids is 1. The lowest BCUT2D eigenvalue weighted by molar-refractivity contribution is 0.0669. The molecule has 0 spiro atoms. The summed E-state index contributed by atoms with van der Waals surface area (Å²) in [6, 6.07) is 5.39. The smallest absolute Gasteiger partial charge is 0.254 e. The lowest BCUT2D eigenvalue weighted by Crippen LogP contribution is -2.40. The zero-order chi connectivity index (χ0) is 13.9. The number of fused-ring (bicyclic) bond motifs is 1. The van der Waals surface area contributed by atoms with Crippen molar-refractivity contribution in [2.24, 2.45) is 11.7 Å². The second-order valence-electron chi connectivity index (χ2n) is 5.40. The molecule has 0 bridgehead atoms. The van der Waals surface area contributed by atoms with Crippen LogP contribution in [0.4, 0.5) is 0 Å². The van der Waals surface area contributed by atoms with Crippen LogP contribution in [0.3, 0.4) is 0 Å². The summed E-state index contributed by atoms with van der Waals surface area (Å²) < 4.78 is 10.6. The third-order valence-electron chi connectivity index (χ3n) is 4.00. The van der Waals surface area contributed by atoms with Gasteiger partial charge in [-0.1, -0.05) is 0 Å². The number of rotatable bonds is 3. The fraction of sp³-hybridized carbons (Fsp3) is 0.533. The van der Waals surface area contributed by atoms with Gasteiger partial charge in [-0.3, -0.25) is 4.79 Å². The van der Waals surface area contributed by atoms with Gasteiger partial charge in [0.05, 0.1) is 0 Å². The standard InChI is InChI=1S/C15H20N2O3.ClH/c16-6-5-11-2-1-7-17(9-11)15(18)12-3-4-13-14(8-12)20-10-19-13;/h3-4,8,11H,1-2,5-7,9-10,16H2;1H. The summed E-state index contributed by atoms with van der Waals surface area (Å²) in [6.45, 7) is 2.56. The van der Waals surface area contributed by atoms with E-state index in [1.165, 1.54) is 6.42 Å². The van der Waals surface area contributed by atoms with Crippen LogP contribution < -0.4 is 15.2 Å². The monoisotopic (exact) mass is 312 g/mol. The Kier molecular flexibility index (Phi) is 5.31. The van der Waals surface area contributed by atoms with Crippen LogP contribution in [0.5, 0.6) is 11.5 Å². The molecule has 3 rings (SSSR count). The lowest BCUT2D eigenvalue weighted by atomic mass is 9.94. The Balaban J connectivity index is 0.00000161. The number of piperidine rings is 1. The quantitative estimate of drug-likeness (QED) is 0.927. The molecule has 1 aromatic carbocycles. The highest BCUT2D eigenvalue weighted by molar-refractivity contribution is 5.95. The molecular weight excluding hydrogens is 292 g/mol. The molecule has 1 unspecified atom stereocenters. The molecule has 1 atom stereocenters. The highest BCUT2D eigenvalue weighted by Crippen LogP contribution is 2.33. The molecule has 0 aromatic heterocycles. The first kappa shape index (κ1) is 15.9. The molecule has 5 nitrogen and oxygen atoms in total. The van der Waals surface area contributed by atoms with E-state index in [0.717, 1.165) is 25.9 Å². The number of nitrogens with zero attached hydrogens (tertiary/aromatic N) is 1. The zero-order valence-electron chi connectivity index (χ0n) is 11.9. The topological polar surface area (TPSA) is 64.8 Å². The van der Waals surface area contributed by atoms with Crippen LogP contribution in [0, 0.1) is 5.92 Å². The number of hydrogen-bond acceptors (Lipinski definition) is 4. The first-order chi connectivity index (χ1) is 9.78. The van der Waals surface area contributed by atoms with Crippen molar-refractivity contribution < 1.29 is 14.3 Å². The van der Waals surface area contributed by atoms with Crippen molar-refractivity contribution in [1.29, 1.82) is 0 Å². The number of amides is 1. The number of nitrogens with two attached hydrogens (primary N) is 1. The first-order valence-corrected chi connectivity index (χ1v) is 7.17. The van der Waals surface area contributed by atoms with Crippen LogP contribution in [-0.4, -0.2) is 37.2 Å².